The fraction of sp³-hybridized carbons (Fsp3) is 0.154. The van der Waals surface area contributed by atoms with Gasteiger partial charge in [0.1, 0.15) is 4.99 Å². The van der Waals surface area contributed by atoms with E-state index < -0.39 is 0 Å². The first-order valence-electron chi connectivity index (χ1n) is 5.67. The van der Waals surface area contributed by atoms with Crippen LogP contribution in [0.25, 0.3) is 0 Å². The number of nitrogens with two attached hydrogens (primary N) is 1. The highest BCUT2D eigenvalue weighted by Crippen LogP contribution is 2.11. The second kappa shape index (κ2) is 6.10. The van der Waals surface area contributed by atoms with E-state index in [-0.39, 0.29) is 4.99 Å². The van der Waals surface area contributed by atoms with E-state index in [2.05, 4.69) is 15.3 Å². The van der Waals surface area contributed by atoms with E-state index in [1.54, 1.807) is 19.5 Å². The lowest BCUT2D eigenvalue weighted by molar-refractivity contribution is 0.397. The summed E-state index contributed by atoms with van der Waals surface area (Å²) in [5.41, 5.74) is 8.10. The van der Waals surface area contributed by atoms with Crippen LogP contribution in [0.15, 0.2) is 36.7 Å². The van der Waals surface area contributed by atoms with E-state index in [4.69, 9.17) is 22.7 Å². The van der Waals surface area contributed by atoms with Crippen LogP contribution in [0.4, 0.5) is 5.69 Å². The minimum Gasteiger partial charge on any atom is -0.481 e. The van der Waals surface area contributed by atoms with Gasteiger partial charge < -0.3 is 15.8 Å². The van der Waals surface area contributed by atoms with Crippen LogP contribution >= 0.6 is 12.2 Å². The van der Waals surface area contributed by atoms with E-state index in [1.807, 2.05) is 24.3 Å². The minimum atomic E-state index is 0.287. The Bertz CT molecular complexity index is 571. The predicted molar refractivity (Wildman–Crippen MR) is 78.2 cm³/mol. The van der Waals surface area contributed by atoms with Crippen LogP contribution in [0, 0.1) is 0 Å². The van der Waals surface area contributed by atoms with Crippen molar-refractivity contribution in [3.8, 4) is 5.88 Å². The maximum atomic E-state index is 5.54. The molecule has 0 saturated carbocycles. The van der Waals surface area contributed by atoms with Crippen LogP contribution in [-0.2, 0) is 6.54 Å². The zero-order valence-corrected chi connectivity index (χ0v) is 11.3. The number of nitrogens with zero attached hydrogens (tertiary/aromatic N) is 2. The van der Waals surface area contributed by atoms with E-state index in [1.165, 1.54) is 0 Å². The molecule has 0 aliphatic heterocycles. The second-order valence-electron chi connectivity index (χ2n) is 3.86. The van der Waals surface area contributed by atoms with Crippen molar-refractivity contribution in [3.05, 3.63) is 47.9 Å². The maximum absolute atomic E-state index is 5.54. The van der Waals surface area contributed by atoms with E-state index in [0.29, 0.717) is 18.1 Å². The molecule has 0 aliphatic rings. The molecule has 2 aromatic heterocycles. The summed E-state index contributed by atoms with van der Waals surface area (Å²) < 4.78 is 5.01. The fourth-order valence-electron chi connectivity index (χ4n) is 1.52. The summed E-state index contributed by atoms with van der Waals surface area (Å²) in [4.78, 5) is 8.51. The average Bonchev–Trinajstić information content (AvgIpc) is 2.46. The normalized spacial score (nSPS) is 9.95. The van der Waals surface area contributed by atoms with Gasteiger partial charge in [-0.15, -0.1) is 0 Å². The van der Waals surface area contributed by atoms with Gasteiger partial charge in [0, 0.05) is 30.7 Å². The number of ether oxygens (including phenoxy) is 1. The lowest BCUT2D eigenvalue weighted by atomic mass is 10.2. The van der Waals surface area contributed by atoms with Gasteiger partial charge in [-0.05, 0) is 17.7 Å². The van der Waals surface area contributed by atoms with Crippen molar-refractivity contribution in [2.75, 3.05) is 12.4 Å². The Morgan fingerprint density at radius 1 is 1.37 bits per heavy atom. The van der Waals surface area contributed by atoms with Crippen LogP contribution in [0.2, 0.25) is 0 Å². The van der Waals surface area contributed by atoms with Crippen molar-refractivity contribution in [2.24, 2.45) is 5.73 Å². The topological polar surface area (TPSA) is 73.1 Å². The Hall–Kier alpha value is -2.21. The highest BCUT2D eigenvalue weighted by atomic mass is 32.1. The number of hydrogen-bond donors (Lipinski definition) is 2. The molecule has 0 bridgehead atoms. The number of anilines is 1. The summed E-state index contributed by atoms with van der Waals surface area (Å²) in [5, 5.41) is 3.26. The SMILES string of the molecule is COc1ccc(CNc2ccnc(C(N)=S)c2)cn1. The van der Waals surface area contributed by atoms with Gasteiger partial charge in [0.05, 0.1) is 12.8 Å². The molecular weight excluding hydrogens is 260 g/mol. The fourth-order valence-corrected chi connectivity index (χ4v) is 1.63. The van der Waals surface area contributed by atoms with Crippen LogP contribution in [-0.4, -0.2) is 22.1 Å². The van der Waals surface area contributed by atoms with Crippen molar-refractivity contribution in [1.82, 2.24) is 9.97 Å². The highest BCUT2D eigenvalue weighted by Gasteiger charge is 2.00. The standard InChI is InChI=1S/C13H14N4OS/c1-18-12-3-2-9(8-17-12)7-16-10-4-5-15-11(6-10)13(14)19/h2-6,8H,7H2,1H3,(H2,14,19)(H,15,16). The molecule has 0 atom stereocenters. The van der Waals surface area contributed by atoms with Gasteiger partial charge in [-0.2, -0.15) is 0 Å². The smallest absolute Gasteiger partial charge is 0.212 e. The van der Waals surface area contributed by atoms with E-state index >= 15 is 0 Å². The third-order valence-electron chi connectivity index (χ3n) is 2.52. The molecule has 5 nitrogen and oxygen atoms in total. The molecule has 98 valence electrons. The number of hydrogen-bond acceptors (Lipinski definition) is 5. The van der Waals surface area contributed by atoms with Crippen molar-refractivity contribution >= 4 is 22.9 Å². The molecule has 6 heteroatoms. The number of nitrogens with one attached hydrogen (secondary N) is 1. The Morgan fingerprint density at radius 3 is 2.84 bits per heavy atom. The first-order valence-corrected chi connectivity index (χ1v) is 6.08. The molecule has 0 spiro atoms. The molecule has 3 N–H and O–H groups in total. The first kappa shape index (κ1) is 13.2. The molecular formula is C13H14N4OS. The van der Waals surface area contributed by atoms with Gasteiger partial charge in [-0.1, -0.05) is 18.3 Å². The van der Waals surface area contributed by atoms with Crippen molar-refractivity contribution in [3.63, 3.8) is 0 Å². The van der Waals surface area contributed by atoms with Gasteiger partial charge in [-0.3, -0.25) is 4.98 Å². The molecule has 2 rings (SSSR count). The zero-order valence-electron chi connectivity index (χ0n) is 10.5. The first-order chi connectivity index (χ1) is 9.19. The van der Waals surface area contributed by atoms with E-state index in [9.17, 15) is 0 Å². The Balaban J connectivity index is 2.01. The molecule has 2 aromatic rings. The van der Waals surface area contributed by atoms with Crippen LogP contribution in [0.5, 0.6) is 5.88 Å². The van der Waals surface area contributed by atoms with Gasteiger partial charge >= 0.3 is 0 Å². The van der Waals surface area contributed by atoms with Gasteiger partial charge in [-0.25, -0.2) is 4.98 Å². The highest BCUT2D eigenvalue weighted by molar-refractivity contribution is 7.80. The maximum Gasteiger partial charge on any atom is 0.212 e. The summed E-state index contributed by atoms with van der Waals surface area (Å²) in [5.74, 6) is 0.600. The molecule has 0 aromatic carbocycles. The van der Waals surface area contributed by atoms with Crippen molar-refractivity contribution in [2.45, 2.75) is 6.54 Å². The van der Waals surface area contributed by atoms with Crippen LogP contribution in [0.1, 0.15) is 11.3 Å². The molecule has 2 heterocycles. The number of pyridine rings is 2. The van der Waals surface area contributed by atoms with Crippen LogP contribution < -0.4 is 15.8 Å². The lowest BCUT2D eigenvalue weighted by Crippen LogP contribution is -2.12. The third kappa shape index (κ3) is 3.62. The van der Waals surface area contributed by atoms with Crippen molar-refractivity contribution < 1.29 is 4.74 Å². The lowest BCUT2D eigenvalue weighted by Gasteiger charge is -2.07. The summed E-state index contributed by atoms with van der Waals surface area (Å²) >= 11 is 4.89. The monoisotopic (exact) mass is 274 g/mol. The number of rotatable bonds is 5. The average molecular weight is 274 g/mol. The van der Waals surface area contributed by atoms with Crippen LogP contribution in [0.3, 0.4) is 0 Å². The predicted octanol–water partition coefficient (Wildman–Crippen LogP) is 1.73. The molecule has 0 saturated heterocycles. The number of thiocarbonyl (C=S) groups is 1. The molecule has 19 heavy (non-hydrogen) atoms. The zero-order chi connectivity index (χ0) is 13.7. The van der Waals surface area contributed by atoms with Gasteiger partial charge in [0.25, 0.3) is 0 Å². The summed E-state index contributed by atoms with van der Waals surface area (Å²) in [6.07, 6.45) is 3.44. The number of aromatic nitrogens is 2. The van der Waals surface area contributed by atoms with Gasteiger partial charge in [0.15, 0.2) is 0 Å². The Labute approximate surface area is 116 Å². The minimum absolute atomic E-state index is 0.287. The molecule has 0 radical (unpaired) electrons. The molecule has 0 aliphatic carbocycles. The van der Waals surface area contributed by atoms with E-state index in [0.717, 1.165) is 11.3 Å². The quantitative estimate of drug-likeness (QED) is 0.809. The van der Waals surface area contributed by atoms with Crippen molar-refractivity contribution in [1.29, 1.82) is 0 Å². The summed E-state index contributed by atoms with van der Waals surface area (Å²) in [6, 6.07) is 7.45. The summed E-state index contributed by atoms with van der Waals surface area (Å²) in [6.45, 7) is 0.651. The number of methoxy groups -OCH3 is 1. The van der Waals surface area contributed by atoms with Gasteiger partial charge in [0.2, 0.25) is 5.88 Å². The second-order valence-corrected chi connectivity index (χ2v) is 4.30. The Kier molecular flexibility index (Phi) is 4.25. The Morgan fingerprint density at radius 2 is 2.21 bits per heavy atom. The molecule has 0 fully saturated rings. The summed E-state index contributed by atoms with van der Waals surface area (Å²) in [7, 11) is 1.59. The molecule has 0 unspecified atom stereocenters. The molecule has 0 amide bonds. The third-order valence-corrected chi connectivity index (χ3v) is 2.72. The largest absolute Gasteiger partial charge is 0.481 e.